The van der Waals surface area contributed by atoms with E-state index in [0.29, 0.717) is 6.42 Å². The van der Waals surface area contributed by atoms with Gasteiger partial charge in [0.1, 0.15) is 0 Å². The lowest BCUT2D eigenvalue weighted by Gasteiger charge is -2.32. The molecule has 0 atom stereocenters. The minimum Gasteiger partial charge on any atom is -0.350 e. The second-order valence-electron chi connectivity index (χ2n) is 5.35. The van der Waals surface area contributed by atoms with Gasteiger partial charge in [0, 0.05) is 25.6 Å². The van der Waals surface area contributed by atoms with Gasteiger partial charge in [-0.05, 0) is 30.9 Å². The van der Waals surface area contributed by atoms with Crippen LogP contribution in [0, 0.1) is 0 Å². The number of amides is 2. The fraction of sp³-hybridized carbons (Fsp3) is 0.412. The van der Waals surface area contributed by atoms with Crippen LogP contribution in [0.3, 0.4) is 0 Å². The van der Waals surface area contributed by atoms with E-state index in [9.17, 15) is 9.59 Å². The normalized spacial score (nSPS) is 15.5. The van der Waals surface area contributed by atoms with Crippen molar-refractivity contribution in [2.75, 3.05) is 13.1 Å². The molecule has 0 aliphatic carbocycles. The highest BCUT2D eigenvalue weighted by atomic mass is 16.2. The number of hydrogen-bond acceptors (Lipinski definition) is 2. The Morgan fingerprint density at radius 3 is 2.52 bits per heavy atom. The average Bonchev–Trinajstić information content (AvgIpc) is 2.54. The van der Waals surface area contributed by atoms with E-state index in [-0.39, 0.29) is 17.9 Å². The SMILES string of the molecule is C=CC(=O)NC1CCN(C(=O)CCc2ccccc2)CC1. The summed E-state index contributed by atoms with van der Waals surface area (Å²) < 4.78 is 0. The molecule has 1 aliphatic heterocycles. The van der Waals surface area contributed by atoms with E-state index in [1.54, 1.807) is 0 Å². The highest BCUT2D eigenvalue weighted by Crippen LogP contribution is 2.13. The number of piperidine rings is 1. The molecular formula is C17H22N2O2. The van der Waals surface area contributed by atoms with Gasteiger partial charge < -0.3 is 10.2 Å². The van der Waals surface area contributed by atoms with Gasteiger partial charge in [-0.15, -0.1) is 0 Å². The fourth-order valence-electron chi connectivity index (χ4n) is 2.59. The van der Waals surface area contributed by atoms with Crippen molar-refractivity contribution < 1.29 is 9.59 Å². The van der Waals surface area contributed by atoms with Crippen LogP contribution in [-0.2, 0) is 16.0 Å². The van der Waals surface area contributed by atoms with Gasteiger partial charge in [0.25, 0.3) is 0 Å². The number of benzene rings is 1. The van der Waals surface area contributed by atoms with E-state index in [4.69, 9.17) is 0 Å². The van der Waals surface area contributed by atoms with Crippen LogP contribution in [0.4, 0.5) is 0 Å². The molecule has 0 bridgehead atoms. The molecule has 1 aliphatic rings. The molecule has 1 aromatic rings. The molecule has 1 fully saturated rings. The van der Waals surface area contributed by atoms with Gasteiger partial charge >= 0.3 is 0 Å². The molecule has 0 saturated carbocycles. The molecule has 4 heteroatoms. The highest BCUT2D eigenvalue weighted by Gasteiger charge is 2.22. The molecule has 0 spiro atoms. The van der Waals surface area contributed by atoms with Crippen molar-refractivity contribution in [1.82, 2.24) is 10.2 Å². The molecule has 0 aromatic heterocycles. The van der Waals surface area contributed by atoms with Crippen LogP contribution in [0.5, 0.6) is 0 Å². The Morgan fingerprint density at radius 1 is 1.24 bits per heavy atom. The molecule has 21 heavy (non-hydrogen) atoms. The minimum atomic E-state index is -0.135. The van der Waals surface area contributed by atoms with Crippen molar-refractivity contribution in [1.29, 1.82) is 0 Å². The third-order valence-electron chi connectivity index (χ3n) is 3.85. The number of rotatable bonds is 5. The van der Waals surface area contributed by atoms with Gasteiger partial charge in [0.2, 0.25) is 11.8 Å². The summed E-state index contributed by atoms with van der Waals surface area (Å²) in [5.74, 6) is 0.0659. The Morgan fingerprint density at radius 2 is 1.90 bits per heavy atom. The highest BCUT2D eigenvalue weighted by molar-refractivity contribution is 5.87. The maximum absolute atomic E-state index is 12.2. The summed E-state index contributed by atoms with van der Waals surface area (Å²) in [5.41, 5.74) is 1.19. The first-order valence-corrected chi connectivity index (χ1v) is 7.43. The summed E-state index contributed by atoms with van der Waals surface area (Å²) in [5, 5.41) is 2.89. The van der Waals surface area contributed by atoms with Crippen LogP contribution < -0.4 is 5.32 Å². The van der Waals surface area contributed by atoms with E-state index < -0.39 is 0 Å². The van der Waals surface area contributed by atoms with Crippen LogP contribution >= 0.6 is 0 Å². The van der Waals surface area contributed by atoms with Crippen molar-refractivity contribution in [2.45, 2.75) is 31.7 Å². The predicted octanol–water partition coefficient (Wildman–Crippen LogP) is 1.91. The Bertz CT molecular complexity index is 491. The number of aryl methyl sites for hydroxylation is 1. The lowest BCUT2D eigenvalue weighted by Crippen LogP contribution is -2.46. The second kappa shape index (κ2) is 7.62. The standard InChI is InChI=1S/C17H22N2O2/c1-2-16(20)18-15-10-12-19(13-11-15)17(21)9-8-14-6-4-3-5-7-14/h2-7,15H,1,8-13H2,(H,18,20). The second-order valence-corrected chi connectivity index (χ2v) is 5.35. The molecule has 2 rings (SSSR count). The van der Waals surface area contributed by atoms with E-state index in [1.165, 1.54) is 11.6 Å². The first-order chi connectivity index (χ1) is 10.2. The summed E-state index contributed by atoms with van der Waals surface area (Å²) in [6, 6.07) is 10.2. The summed E-state index contributed by atoms with van der Waals surface area (Å²) >= 11 is 0. The summed E-state index contributed by atoms with van der Waals surface area (Å²) in [4.78, 5) is 25.3. The van der Waals surface area contributed by atoms with Crippen molar-refractivity contribution in [2.24, 2.45) is 0 Å². The number of likely N-dealkylation sites (tertiary alicyclic amines) is 1. The van der Waals surface area contributed by atoms with E-state index in [2.05, 4.69) is 11.9 Å². The quantitative estimate of drug-likeness (QED) is 0.841. The van der Waals surface area contributed by atoms with Gasteiger partial charge in [-0.25, -0.2) is 0 Å². The first-order valence-electron chi connectivity index (χ1n) is 7.43. The van der Waals surface area contributed by atoms with Gasteiger partial charge in [-0.1, -0.05) is 36.9 Å². The minimum absolute atomic E-state index is 0.135. The molecule has 1 saturated heterocycles. The van der Waals surface area contributed by atoms with Crippen molar-refractivity contribution in [3.63, 3.8) is 0 Å². The molecule has 112 valence electrons. The summed E-state index contributed by atoms with van der Waals surface area (Å²) in [7, 11) is 0. The van der Waals surface area contributed by atoms with Crippen LogP contribution in [0.25, 0.3) is 0 Å². The zero-order valence-corrected chi connectivity index (χ0v) is 12.3. The topological polar surface area (TPSA) is 49.4 Å². The Hall–Kier alpha value is -2.10. The predicted molar refractivity (Wildman–Crippen MR) is 82.7 cm³/mol. The molecule has 0 unspecified atom stereocenters. The summed E-state index contributed by atoms with van der Waals surface area (Å²) in [6.07, 6.45) is 4.26. The van der Waals surface area contributed by atoms with Crippen molar-refractivity contribution in [3.8, 4) is 0 Å². The molecule has 1 aromatic carbocycles. The van der Waals surface area contributed by atoms with Crippen LogP contribution in [0.2, 0.25) is 0 Å². The number of hydrogen-bond donors (Lipinski definition) is 1. The first kappa shape index (κ1) is 15.3. The van der Waals surface area contributed by atoms with Crippen LogP contribution in [-0.4, -0.2) is 35.8 Å². The van der Waals surface area contributed by atoms with E-state index >= 15 is 0 Å². The smallest absolute Gasteiger partial charge is 0.243 e. The maximum atomic E-state index is 12.2. The number of carbonyl (C=O) groups excluding carboxylic acids is 2. The molecule has 1 N–H and O–H groups in total. The zero-order chi connectivity index (χ0) is 15.1. The Balaban J connectivity index is 1.73. The van der Waals surface area contributed by atoms with Gasteiger partial charge in [0.15, 0.2) is 0 Å². The third kappa shape index (κ3) is 4.74. The summed E-state index contributed by atoms with van der Waals surface area (Å²) in [6.45, 7) is 4.88. The van der Waals surface area contributed by atoms with Crippen LogP contribution in [0.15, 0.2) is 43.0 Å². The average molecular weight is 286 g/mol. The fourth-order valence-corrected chi connectivity index (χ4v) is 2.59. The van der Waals surface area contributed by atoms with Crippen LogP contribution in [0.1, 0.15) is 24.8 Å². The Labute approximate surface area is 125 Å². The zero-order valence-electron chi connectivity index (χ0n) is 12.3. The Kier molecular flexibility index (Phi) is 5.55. The van der Waals surface area contributed by atoms with Crippen molar-refractivity contribution in [3.05, 3.63) is 48.6 Å². The van der Waals surface area contributed by atoms with E-state index in [1.807, 2.05) is 35.2 Å². The monoisotopic (exact) mass is 286 g/mol. The molecule has 2 amide bonds. The number of nitrogens with zero attached hydrogens (tertiary/aromatic N) is 1. The molecular weight excluding hydrogens is 264 g/mol. The van der Waals surface area contributed by atoms with Crippen molar-refractivity contribution >= 4 is 11.8 Å². The largest absolute Gasteiger partial charge is 0.350 e. The maximum Gasteiger partial charge on any atom is 0.243 e. The molecule has 4 nitrogen and oxygen atoms in total. The third-order valence-corrected chi connectivity index (χ3v) is 3.85. The molecule has 0 radical (unpaired) electrons. The molecule has 1 heterocycles. The number of carbonyl (C=O) groups is 2. The van der Waals surface area contributed by atoms with E-state index in [0.717, 1.165) is 32.4 Å². The van der Waals surface area contributed by atoms with Gasteiger partial charge in [-0.2, -0.15) is 0 Å². The lowest BCUT2D eigenvalue weighted by molar-refractivity contribution is -0.132. The lowest BCUT2D eigenvalue weighted by atomic mass is 10.0. The number of nitrogens with one attached hydrogen (secondary N) is 1. The van der Waals surface area contributed by atoms with Gasteiger partial charge in [0.05, 0.1) is 0 Å². The van der Waals surface area contributed by atoms with Gasteiger partial charge in [-0.3, -0.25) is 9.59 Å².